The largest absolute Gasteiger partial charge is 0.487 e. The lowest BCUT2D eigenvalue weighted by molar-refractivity contribution is 0.289. The molecule has 1 aromatic heterocycles. The molecule has 1 aromatic carbocycles. The Kier molecular flexibility index (Phi) is 5.00. The van der Waals surface area contributed by atoms with Crippen LogP contribution in [-0.4, -0.2) is 9.78 Å². The zero-order chi connectivity index (χ0) is 15.6. The van der Waals surface area contributed by atoms with Crippen LogP contribution in [0.2, 0.25) is 0 Å². The maximum absolute atomic E-state index is 13.3. The number of benzene rings is 1. The van der Waals surface area contributed by atoms with E-state index in [2.05, 4.69) is 21.0 Å². The number of aromatic nitrogens is 2. The topological polar surface area (TPSA) is 53.1 Å². The van der Waals surface area contributed by atoms with Crippen molar-refractivity contribution in [2.24, 2.45) is 12.8 Å². The predicted molar refractivity (Wildman–Crippen MR) is 83.6 cm³/mol. The summed E-state index contributed by atoms with van der Waals surface area (Å²) in [5, 5.41) is 4.42. The summed E-state index contributed by atoms with van der Waals surface area (Å²) < 4.78 is 21.9. The van der Waals surface area contributed by atoms with Crippen LogP contribution >= 0.6 is 15.9 Å². The van der Waals surface area contributed by atoms with E-state index in [9.17, 15) is 4.39 Å². The zero-order valence-electron chi connectivity index (χ0n) is 12.4. The summed E-state index contributed by atoms with van der Waals surface area (Å²) in [5.74, 6) is 0.280. The molecular formula is C15H19BrFN3O. The summed E-state index contributed by atoms with van der Waals surface area (Å²) in [6.45, 7) is 4.19. The number of halogens is 2. The minimum atomic E-state index is -0.315. The van der Waals surface area contributed by atoms with Gasteiger partial charge < -0.3 is 10.5 Å². The molecule has 0 bridgehead atoms. The lowest BCUT2D eigenvalue weighted by Crippen LogP contribution is -2.10. The minimum Gasteiger partial charge on any atom is -0.487 e. The Hall–Kier alpha value is -1.40. The molecule has 2 aromatic rings. The smallest absolute Gasteiger partial charge is 0.131 e. The molecule has 6 heteroatoms. The summed E-state index contributed by atoms with van der Waals surface area (Å²) in [4.78, 5) is 0. The van der Waals surface area contributed by atoms with Gasteiger partial charge in [-0.3, -0.25) is 4.68 Å². The summed E-state index contributed by atoms with van der Waals surface area (Å²) in [6, 6.07) is 4.10. The van der Waals surface area contributed by atoms with Crippen molar-refractivity contribution in [3.63, 3.8) is 0 Å². The van der Waals surface area contributed by atoms with Crippen LogP contribution in [0.3, 0.4) is 0 Å². The van der Waals surface area contributed by atoms with Crippen LogP contribution in [0, 0.1) is 5.82 Å². The van der Waals surface area contributed by atoms with Crippen molar-refractivity contribution in [2.45, 2.75) is 32.9 Å². The Bertz CT molecular complexity index is 640. The molecular weight excluding hydrogens is 337 g/mol. The quantitative estimate of drug-likeness (QED) is 0.892. The Morgan fingerprint density at radius 2 is 2.19 bits per heavy atom. The van der Waals surface area contributed by atoms with Crippen molar-refractivity contribution in [3.8, 4) is 5.75 Å². The third-order valence-corrected chi connectivity index (χ3v) is 4.25. The second kappa shape index (κ2) is 6.58. The van der Waals surface area contributed by atoms with Gasteiger partial charge in [0.25, 0.3) is 0 Å². The SMILES string of the molecule is CCc1nn(C)c(COc2ccc(F)cc2C(C)N)c1Br. The third kappa shape index (κ3) is 3.44. The molecule has 1 atom stereocenters. The average molecular weight is 356 g/mol. The number of hydrogen-bond donors (Lipinski definition) is 1. The molecule has 0 saturated carbocycles. The van der Waals surface area contributed by atoms with Gasteiger partial charge in [-0.1, -0.05) is 6.92 Å². The Labute approximate surface area is 132 Å². The fraction of sp³-hybridized carbons (Fsp3) is 0.400. The summed E-state index contributed by atoms with van der Waals surface area (Å²) in [7, 11) is 1.87. The Morgan fingerprint density at radius 1 is 1.48 bits per heavy atom. The maximum atomic E-state index is 13.3. The van der Waals surface area contributed by atoms with Gasteiger partial charge in [-0.2, -0.15) is 5.10 Å². The second-order valence-corrected chi connectivity index (χ2v) is 5.74. The Balaban J connectivity index is 2.23. The van der Waals surface area contributed by atoms with Crippen LogP contribution in [0.25, 0.3) is 0 Å². The first-order valence-corrected chi connectivity index (χ1v) is 7.61. The van der Waals surface area contributed by atoms with Gasteiger partial charge in [-0.05, 0) is 47.5 Å². The highest BCUT2D eigenvalue weighted by atomic mass is 79.9. The zero-order valence-corrected chi connectivity index (χ0v) is 13.9. The van der Waals surface area contributed by atoms with E-state index in [1.807, 2.05) is 14.0 Å². The van der Waals surface area contributed by atoms with E-state index in [1.54, 1.807) is 17.7 Å². The number of ether oxygens (including phenoxy) is 1. The highest BCUT2D eigenvalue weighted by Gasteiger charge is 2.15. The Morgan fingerprint density at radius 3 is 2.76 bits per heavy atom. The first kappa shape index (κ1) is 16.0. The van der Waals surface area contributed by atoms with E-state index < -0.39 is 0 Å². The van der Waals surface area contributed by atoms with Crippen molar-refractivity contribution in [3.05, 3.63) is 45.4 Å². The van der Waals surface area contributed by atoms with Gasteiger partial charge in [-0.15, -0.1) is 0 Å². The fourth-order valence-electron chi connectivity index (χ4n) is 2.13. The predicted octanol–water partition coefficient (Wildman–Crippen LogP) is 3.48. The highest BCUT2D eigenvalue weighted by Crippen LogP contribution is 2.27. The van der Waals surface area contributed by atoms with Crippen LogP contribution in [0.1, 0.15) is 36.8 Å². The van der Waals surface area contributed by atoms with E-state index in [0.717, 1.165) is 22.3 Å². The van der Waals surface area contributed by atoms with Crippen molar-refractivity contribution in [1.29, 1.82) is 0 Å². The molecule has 0 aliphatic rings. The van der Waals surface area contributed by atoms with Gasteiger partial charge in [-0.25, -0.2) is 4.39 Å². The molecule has 0 saturated heterocycles. The summed E-state index contributed by atoms with van der Waals surface area (Å²) >= 11 is 3.55. The molecule has 1 unspecified atom stereocenters. The average Bonchev–Trinajstić information content (AvgIpc) is 2.72. The molecule has 0 amide bonds. The second-order valence-electron chi connectivity index (χ2n) is 4.94. The first-order valence-electron chi connectivity index (χ1n) is 6.82. The third-order valence-electron chi connectivity index (χ3n) is 3.33. The molecule has 114 valence electrons. The van der Waals surface area contributed by atoms with Gasteiger partial charge in [0.1, 0.15) is 18.2 Å². The molecule has 0 fully saturated rings. The standard InChI is InChI=1S/C15H19BrFN3O/c1-4-12-15(16)13(20(3)19-12)8-21-14-6-5-10(17)7-11(14)9(2)18/h5-7,9H,4,8,18H2,1-3H3. The maximum Gasteiger partial charge on any atom is 0.131 e. The molecule has 21 heavy (non-hydrogen) atoms. The van der Waals surface area contributed by atoms with Crippen molar-refractivity contribution >= 4 is 15.9 Å². The van der Waals surface area contributed by atoms with Crippen LogP contribution in [-0.2, 0) is 20.1 Å². The van der Waals surface area contributed by atoms with Crippen molar-refractivity contribution in [2.75, 3.05) is 0 Å². The fourth-order valence-corrected chi connectivity index (χ4v) is 2.86. The summed E-state index contributed by atoms with van der Waals surface area (Å²) in [6.07, 6.45) is 0.843. The lowest BCUT2D eigenvalue weighted by Gasteiger charge is -2.14. The molecule has 0 radical (unpaired) electrons. The highest BCUT2D eigenvalue weighted by molar-refractivity contribution is 9.10. The molecule has 2 rings (SSSR count). The first-order chi connectivity index (χ1) is 9.93. The van der Waals surface area contributed by atoms with Gasteiger partial charge in [0, 0.05) is 18.7 Å². The van der Waals surface area contributed by atoms with E-state index in [1.165, 1.54) is 12.1 Å². The van der Waals surface area contributed by atoms with Crippen LogP contribution < -0.4 is 10.5 Å². The number of hydrogen-bond acceptors (Lipinski definition) is 3. The number of rotatable bonds is 5. The number of nitrogens with zero attached hydrogens (tertiary/aromatic N) is 2. The minimum absolute atomic E-state index is 0.295. The number of nitrogens with two attached hydrogens (primary N) is 1. The van der Waals surface area contributed by atoms with E-state index in [-0.39, 0.29) is 11.9 Å². The molecule has 4 nitrogen and oxygen atoms in total. The normalized spacial score (nSPS) is 12.5. The van der Waals surface area contributed by atoms with Crippen molar-refractivity contribution in [1.82, 2.24) is 9.78 Å². The lowest BCUT2D eigenvalue weighted by atomic mass is 10.1. The van der Waals surface area contributed by atoms with E-state index >= 15 is 0 Å². The van der Waals surface area contributed by atoms with Crippen LogP contribution in [0.15, 0.2) is 22.7 Å². The van der Waals surface area contributed by atoms with Gasteiger partial charge in [0.05, 0.1) is 15.9 Å². The van der Waals surface area contributed by atoms with Crippen LogP contribution in [0.5, 0.6) is 5.75 Å². The van der Waals surface area contributed by atoms with Gasteiger partial charge in [0.15, 0.2) is 0 Å². The van der Waals surface area contributed by atoms with Crippen molar-refractivity contribution < 1.29 is 9.13 Å². The molecule has 0 aliphatic heterocycles. The molecule has 0 spiro atoms. The van der Waals surface area contributed by atoms with Gasteiger partial charge >= 0.3 is 0 Å². The monoisotopic (exact) mass is 355 g/mol. The molecule has 1 heterocycles. The molecule has 0 aliphatic carbocycles. The van der Waals surface area contributed by atoms with Crippen LogP contribution in [0.4, 0.5) is 4.39 Å². The van der Waals surface area contributed by atoms with Gasteiger partial charge in [0.2, 0.25) is 0 Å². The number of aryl methyl sites for hydroxylation is 2. The van der Waals surface area contributed by atoms with E-state index in [4.69, 9.17) is 10.5 Å². The summed E-state index contributed by atoms with van der Waals surface area (Å²) in [5.41, 5.74) is 8.45. The van der Waals surface area contributed by atoms with E-state index in [0.29, 0.717) is 17.9 Å². The molecule has 2 N–H and O–H groups in total.